The second-order valence-corrected chi connectivity index (χ2v) is 5.81. The number of pyridine rings is 1. The maximum Gasteiger partial charge on any atom is 0.341 e. The number of nitrogens with one attached hydrogen (secondary N) is 1. The Bertz CT molecular complexity index is 473. The van der Waals surface area contributed by atoms with Crippen molar-refractivity contribution in [2.45, 2.75) is 44.6 Å². The molecule has 0 aromatic carbocycles. The van der Waals surface area contributed by atoms with Gasteiger partial charge in [0.2, 0.25) is 0 Å². The molecule has 0 saturated heterocycles. The summed E-state index contributed by atoms with van der Waals surface area (Å²) in [6.45, 7) is 0. The molecule has 0 radical (unpaired) electrons. The van der Waals surface area contributed by atoms with Gasteiger partial charge in [0, 0.05) is 12.2 Å². The molecule has 0 amide bonds. The lowest BCUT2D eigenvalue weighted by atomic mass is 9.83. The van der Waals surface area contributed by atoms with Gasteiger partial charge in [-0.1, -0.05) is 0 Å². The van der Waals surface area contributed by atoms with Crippen LogP contribution in [0.4, 0.5) is 5.82 Å². The van der Waals surface area contributed by atoms with E-state index < -0.39 is 0 Å². The van der Waals surface area contributed by atoms with Crippen LogP contribution in [-0.4, -0.2) is 24.1 Å². The molecule has 4 heteroatoms. The van der Waals surface area contributed by atoms with E-state index in [4.69, 9.17) is 4.74 Å². The normalized spacial score (nSPS) is 21.1. The number of aromatic nitrogens is 1. The minimum atomic E-state index is -0.329. The van der Waals surface area contributed by atoms with E-state index in [0.29, 0.717) is 22.8 Å². The molecule has 1 aromatic heterocycles. The summed E-state index contributed by atoms with van der Waals surface area (Å²) >= 11 is 0. The molecule has 4 nitrogen and oxygen atoms in total. The maximum atomic E-state index is 11.7. The summed E-state index contributed by atoms with van der Waals surface area (Å²) in [5, 5.41) is 3.42. The Labute approximate surface area is 113 Å². The van der Waals surface area contributed by atoms with Crippen molar-refractivity contribution in [2.75, 3.05) is 12.4 Å². The lowest BCUT2D eigenvalue weighted by Gasteiger charge is -2.29. The molecule has 2 aliphatic carbocycles. The largest absolute Gasteiger partial charge is 0.465 e. The second-order valence-electron chi connectivity index (χ2n) is 5.81. The van der Waals surface area contributed by atoms with Crippen LogP contribution in [0.2, 0.25) is 0 Å². The summed E-state index contributed by atoms with van der Waals surface area (Å²) in [7, 11) is 1.40. The fraction of sp³-hybridized carbons (Fsp3) is 0.600. The monoisotopic (exact) mass is 260 g/mol. The minimum absolute atomic E-state index is 0.329. The van der Waals surface area contributed by atoms with E-state index in [-0.39, 0.29) is 5.97 Å². The van der Waals surface area contributed by atoms with Gasteiger partial charge in [0.15, 0.2) is 0 Å². The number of ether oxygens (including phenoxy) is 1. The number of carbonyl (C=O) groups excluding carboxylic acids is 1. The Kier molecular flexibility index (Phi) is 3.17. The van der Waals surface area contributed by atoms with Crippen LogP contribution in [0.15, 0.2) is 18.3 Å². The smallest absolute Gasteiger partial charge is 0.341 e. The van der Waals surface area contributed by atoms with Crippen molar-refractivity contribution in [1.82, 2.24) is 4.98 Å². The summed E-state index contributed by atoms with van der Waals surface area (Å²) < 4.78 is 4.79. The number of methoxy groups -OCH3 is 1. The highest BCUT2D eigenvalue weighted by atomic mass is 16.5. The third-order valence-corrected chi connectivity index (χ3v) is 4.56. The van der Waals surface area contributed by atoms with Crippen LogP contribution in [0, 0.1) is 5.41 Å². The molecule has 0 atom stereocenters. The lowest BCUT2D eigenvalue weighted by molar-refractivity contribution is 0.0601. The second kappa shape index (κ2) is 4.83. The van der Waals surface area contributed by atoms with Crippen molar-refractivity contribution in [3.05, 3.63) is 23.9 Å². The number of anilines is 1. The van der Waals surface area contributed by atoms with Crippen molar-refractivity contribution in [3.63, 3.8) is 0 Å². The molecule has 1 N–H and O–H groups in total. The van der Waals surface area contributed by atoms with Crippen LogP contribution < -0.4 is 5.32 Å². The van der Waals surface area contributed by atoms with E-state index in [1.807, 2.05) is 0 Å². The number of carbonyl (C=O) groups is 1. The summed E-state index contributed by atoms with van der Waals surface area (Å²) in [5.41, 5.74) is 1.21. The fourth-order valence-corrected chi connectivity index (χ4v) is 3.04. The summed E-state index contributed by atoms with van der Waals surface area (Å²) in [6.07, 6.45) is 9.51. The molecule has 1 spiro atoms. The van der Waals surface area contributed by atoms with Crippen molar-refractivity contribution in [3.8, 4) is 0 Å². The molecule has 0 unspecified atom stereocenters. The standard InChI is InChI=1S/C15H20N2O2/c1-19-14(18)12-3-2-10-16-13(12)17-11-4-6-15(7-5-11)8-9-15/h2-3,10-11H,4-9H2,1H3,(H,16,17). The van der Waals surface area contributed by atoms with Crippen LogP contribution in [0.1, 0.15) is 48.9 Å². The van der Waals surface area contributed by atoms with Crippen LogP contribution in [0.3, 0.4) is 0 Å². The Hall–Kier alpha value is -1.58. The Morgan fingerprint density at radius 2 is 2.11 bits per heavy atom. The van der Waals surface area contributed by atoms with Crippen LogP contribution >= 0.6 is 0 Å². The van der Waals surface area contributed by atoms with E-state index in [1.54, 1.807) is 18.3 Å². The first kappa shape index (κ1) is 12.5. The highest BCUT2D eigenvalue weighted by Gasteiger charge is 2.44. The molecule has 2 fully saturated rings. The number of hydrogen-bond donors (Lipinski definition) is 1. The zero-order valence-electron chi connectivity index (χ0n) is 11.3. The average Bonchev–Trinajstić information content (AvgIpc) is 3.21. The highest BCUT2D eigenvalue weighted by molar-refractivity contribution is 5.94. The van der Waals surface area contributed by atoms with Crippen molar-refractivity contribution in [2.24, 2.45) is 5.41 Å². The van der Waals surface area contributed by atoms with E-state index in [2.05, 4.69) is 10.3 Å². The first-order valence-electron chi connectivity index (χ1n) is 7.02. The molecule has 1 heterocycles. The third-order valence-electron chi connectivity index (χ3n) is 4.56. The third kappa shape index (κ3) is 2.57. The Balaban J connectivity index is 1.67. The van der Waals surface area contributed by atoms with Gasteiger partial charge in [-0.3, -0.25) is 0 Å². The SMILES string of the molecule is COC(=O)c1cccnc1NC1CCC2(CC1)CC2. The molecular weight excluding hydrogens is 240 g/mol. The lowest BCUT2D eigenvalue weighted by Crippen LogP contribution is -2.28. The number of rotatable bonds is 3. The summed E-state index contributed by atoms with van der Waals surface area (Å²) in [4.78, 5) is 16.0. The fourth-order valence-electron chi connectivity index (χ4n) is 3.04. The van der Waals surface area contributed by atoms with E-state index >= 15 is 0 Å². The van der Waals surface area contributed by atoms with E-state index in [0.717, 1.165) is 0 Å². The molecule has 2 aliphatic rings. The molecule has 102 valence electrons. The van der Waals surface area contributed by atoms with Crippen LogP contribution in [-0.2, 0) is 4.74 Å². The summed E-state index contributed by atoms with van der Waals surface area (Å²) in [6, 6.07) is 3.95. The maximum absolute atomic E-state index is 11.7. The van der Waals surface area contributed by atoms with Gasteiger partial charge in [-0.15, -0.1) is 0 Å². The van der Waals surface area contributed by atoms with Gasteiger partial charge >= 0.3 is 5.97 Å². The molecule has 2 saturated carbocycles. The van der Waals surface area contributed by atoms with E-state index in [9.17, 15) is 4.79 Å². The Morgan fingerprint density at radius 3 is 2.74 bits per heavy atom. The van der Waals surface area contributed by atoms with E-state index in [1.165, 1.54) is 45.6 Å². The minimum Gasteiger partial charge on any atom is -0.465 e. The Morgan fingerprint density at radius 1 is 1.37 bits per heavy atom. The van der Waals surface area contributed by atoms with Gasteiger partial charge in [0.1, 0.15) is 11.4 Å². The molecule has 1 aromatic rings. The van der Waals surface area contributed by atoms with Gasteiger partial charge in [0.05, 0.1) is 7.11 Å². The summed E-state index contributed by atoms with van der Waals surface area (Å²) in [5.74, 6) is 0.330. The van der Waals surface area contributed by atoms with Gasteiger partial charge in [-0.2, -0.15) is 0 Å². The van der Waals surface area contributed by atoms with Gasteiger partial charge in [-0.05, 0) is 56.1 Å². The molecular formula is C15H20N2O2. The van der Waals surface area contributed by atoms with Gasteiger partial charge in [-0.25, -0.2) is 9.78 Å². The van der Waals surface area contributed by atoms with Crippen LogP contribution in [0.5, 0.6) is 0 Å². The molecule has 0 bridgehead atoms. The quantitative estimate of drug-likeness (QED) is 0.849. The van der Waals surface area contributed by atoms with Crippen molar-refractivity contribution in [1.29, 1.82) is 0 Å². The average molecular weight is 260 g/mol. The zero-order chi connectivity index (χ0) is 13.3. The highest BCUT2D eigenvalue weighted by Crippen LogP contribution is 2.56. The first-order chi connectivity index (χ1) is 9.22. The molecule has 19 heavy (non-hydrogen) atoms. The van der Waals surface area contributed by atoms with Crippen LogP contribution in [0.25, 0.3) is 0 Å². The first-order valence-corrected chi connectivity index (χ1v) is 7.02. The van der Waals surface area contributed by atoms with Crippen molar-refractivity contribution < 1.29 is 9.53 Å². The molecule has 3 rings (SSSR count). The zero-order valence-corrected chi connectivity index (χ0v) is 11.3. The number of nitrogens with zero attached hydrogens (tertiary/aromatic N) is 1. The van der Waals surface area contributed by atoms with Gasteiger partial charge < -0.3 is 10.1 Å². The van der Waals surface area contributed by atoms with Gasteiger partial charge in [0.25, 0.3) is 0 Å². The van der Waals surface area contributed by atoms with Crippen molar-refractivity contribution >= 4 is 11.8 Å². The topological polar surface area (TPSA) is 51.2 Å². The predicted octanol–water partition coefficient (Wildman–Crippen LogP) is 3.00. The number of hydrogen-bond acceptors (Lipinski definition) is 4. The number of esters is 1. The predicted molar refractivity (Wildman–Crippen MR) is 73.1 cm³/mol. The molecule has 0 aliphatic heterocycles.